The third-order valence-corrected chi connectivity index (χ3v) is 6.79. The van der Waals surface area contributed by atoms with E-state index in [1.54, 1.807) is 6.07 Å². The molecule has 2 saturated heterocycles. The number of carbonyl (C=O) groups is 2. The van der Waals surface area contributed by atoms with Crippen molar-refractivity contribution in [3.05, 3.63) is 23.8 Å². The average Bonchev–Trinajstić information content (AvgIpc) is 2.81. The van der Waals surface area contributed by atoms with Crippen molar-refractivity contribution in [1.82, 2.24) is 9.62 Å². The van der Waals surface area contributed by atoms with Crippen molar-refractivity contribution < 1.29 is 27.9 Å². The third-order valence-electron chi connectivity index (χ3n) is 5.40. The number of hydrogen-bond acceptors (Lipinski definition) is 6. The maximum atomic E-state index is 12.7. The summed E-state index contributed by atoms with van der Waals surface area (Å²) in [5, 5.41) is 10.4. The van der Waals surface area contributed by atoms with Crippen molar-refractivity contribution in [2.24, 2.45) is 0 Å². The number of hydrogen-bond donors (Lipinski definition) is 2. The van der Waals surface area contributed by atoms with Gasteiger partial charge < -0.3 is 14.7 Å². The van der Waals surface area contributed by atoms with Crippen molar-refractivity contribution in [3.8, 4) is 5.75 Å². The van der Waals surface area contributed by atoms with Crippen molar-refractivity contribution in [3.63, 3.8) is 0 Å². The van der Waals surface area contributed by atoms with Crippen molar-refractivity contribution in [2.45, 2.75) is 70.9 Å². The van der Waals surface area contributed by atoms with Gasteiger partial charge in [-0.25, -0.2) is 13.8 Å². The molecule has 0 radical (unpaired) electrons. The standard InChI is InChI=1S/C21H31N3O6S/c1-21(2,3)30-20(27)23-12-6-4-5-7-16(23)10-8-15-9-11-17(18(25)13-15)24-14-19(26)22-31(24,28)29/h9,11,13,16,25H,4-8,10,12,14H2,1-3H3,(H,22,26). The van der Waals surface area contributed by atoms with Gasteiger partial charge in [0.25, 0.3) is 5.91 Å². The second-order valence-electron chi connectivity index (χ2n) is 9.08. The second-order valence-corrected chi connectivity index (χ2v) is 10.7. The topological polar surface area (TPSA) is 116 Å². The summed E-state index contributed by atoms with van der Waals surface area (Å²) in [4.78, 5) is 26.0. The molecular weight excluding hydrogens is 422 g/mol. The van der Waals surface area contributed by atoms with Crippen molar-refractivity contribution in [1.29, 1.82) is 0 Å². The number of nitrogens with one attached hydrogen (secondary N) is 1. The maximum Gasteiger partial charge on any atom is 0.410 e. The number of nitrogens with zero attached hydrogens (tertiary/aromatic N) is 2. The molecule has 3 rings (SSSR count). The molecule has 1 aromatic rings. The predicted octanol–water partition coefficient (Wildman–Crippen LogP) is 2.69. The molecular formula is C21H31N3O6S. The Morgan fingerprint density at radius 2 is 2.00 bits per heavy atom. The van der Waals surface area contributed by atoms with E-state index in [4.69, 9.17) is 4.74 Å². The predicted molar refractivity (Wildman–Crippen MR) is 116 cm³/mol. The van der Waals surface area contributed by atoms with Gasteiger partial charge in [0.1, 0.15) is 17.9 Å². The highest BCUT2D eigenvalue weighted by Gasteiger charge is 2.35. The van der Waals surface area contributed by atoms with Gasteiger partial charge in [0.2, 0.25) is 0 Å². The van der Waals surface area contributed by atoms with Crippen LogP contribution in [-0.2, 0) is 26.2 Å². The first kappa shape index (κ1) is 23.2. The van der Waals surface area contributed by atoms with E-state index in [-0.39, 0.29) is 30.1 Å². The largest absolute Gasteiger partial charge is 0.506 e. The van der Waals surface area contributed by atoms with Crippen LogP contribution in [0.3, 0.4) is 0 Å². The van der Waals surface area contributed by atoms with E-state index >= 15 is 0 Å². The minimum atomic E-state index is -3.97. The third kappa shape index (κ3) is 5.81. The lowest BCUT2D eigenvalue weighted by molar-refractivity contribution is -0.117. The lowest BCUT2D eigenvalue weighted by Gasteiger charge is -2.32. The number of phenolic OH excluding ortho intramolecular Hbond substituents is 1. The Morgan fingerprint density at radius 3 is 2.61 bits per heavy atom. The number of aromatic hydroxyl groups is 1. The van der Waals surface area contributed by atoms with Gasteiger partial charge in [-0.05, 0) is 64.2 Å². The molecule has 1 atom stereocenters. The number of likely N-dealkylation sites (tertiary alicyclic amines) is 1. The first-order valence-corrected chi connectivity index (χ1v) is 12.0. The van der Waals surface area contributed by atoms with Crippen LogP contribution in [0.15, 0.2) is 18.2 Å². The summed E-state index contributed by atoms with van der Waals surface area (Å²) < 4.78 is 32.3. The first-order valence-electron chi connectivity index (χ1n) is 10.6. The van der Waals surface area contributed by atoms with Gasteiger partial charge in [-0.2, -0.15) is 8.42 Å². The minimum absolute atomic E-state index is 0.0416. The van der Waals surface area contributed by atoms with Gasteiger partial charge in [-0.15, -0.1) is 0 Å². The molecule has 2 heterocycles. The Morgan fingerprint density at radius 1 is 1.26 bits per heavy atom. The first-order chi connectivity index (χ1) is 14.5. The molecule has 2 aliphatic rings. The van der Waals surface area contributed by atoms with Crippen LogP contribution in [0.2, 0.25) is 0 Å². The van der Waals surface area contributed by atoms with Crippen LogP contribution < -0.4 is 9.03 Å². The van der Waals surface area contributed by atoms with E-state index in [1.807, 2.05) is 30.4 Å². The van der Waals surface area contributed by atoms with E-state index < -0.39 is 21.7 Å². The van der Waals surface area contributed by atoms with E-state index in [0.717, 1.165) is 35.6 Å². The summed E-state index contributed by atoms with van der Waals surface area (Å²) in [7, 11) is -3.97. The zero-order valence-corrected chi connectivity index (χ0v) is 19.1. The summed E-state index contributed by atoms with van der Waals surface area (Å²) in [6.07, 6.45) is 4.98. The molecule has 0 aliphatic carbocycles. The maximum absolute atomic E-state index is 12.7. The highest BCUT2D eigenvalue weighted by Crippen LogP contribution is 2.32. The van der Waals surface area contributed by atoms with Crippen LogP contribution in [0.4, 0.5) is 10.5 Å². The van der Waals surface area contributed by atoms with Gasteiger partial charge in [-0.3, -0.25) is 4.79 Å². The molecule has 1 unspecified atom stereocenters. The fourth-order valence-corrected chi connectivity index (χ4v) is 5.13. The molecule has 172 valence electrons. The van der Waals surface area contributed by atoms with Gasteiger partial charge in [-0.1, -0.05) is 18.9 Å². The van der Waals surface area contributed by atoms with E-state index in [1.165, 1.54) is 12.1 Å². The fraction of sp³-hybridized carbons (Fsp3) is 0.619. The lowest BCUT2D eigenvalue weighted by atomic mass is 10.0. The van der Waals surface area contributed by atoms with E-state index in [0.29, 0.717) is 19.4 Å². The fourth-order valence-electron chi connectivity index (χ4n) is 3.97. The van der Waals surface area contributed by atoms with Gasteiger partial charge in [0.05, 0.1) is 5.69 Å². The van der Waals surface area contributed by atoms with Crippen LogP contribution >= 0.6 is 0 Å². The van der Waals surface area contributed by atoms with E-state index in [9.17, 15) is 23.1 Å². The average molecular weight is 454 g/mol. The molecule has 0 saturated carbocycles. The zero-order valence-electron chi connectivity index (χ0n) is 18.3. The van der Waals surface area contributed by atoms with Crippen LogP contribution in [0.1, 0.15) is 58.4 Å². The SMILES string of the molecule is CC(C)(C)OC(=O)N1CCCCCC1CCc1ccc(N2CC(=O)NS2(=O)=O)c(O)c1. The normalized spacial score (nSPS) is 21.5. The summed E-state index contributed by atoms with van der Waals surface area (Å²) in [6.45, 7) is 5.86. The molecule has 9 nitrogen and oxygen atoms in total. The van der Waals surface area contributed by atoms with Crippen LogP contribution in [0, 0.1) is 0 Å². The molecule has 0 aromatic heterocycles. The highest BCUT2D eigenvalue weighted by molar-refractivity contribution is 7.92. The minimum Gasteiger partial charge on any atom is -0.506 e. The molecule has 0 bridgehead atoms. The van der Waals surface area contributed by atoms with Gasteiger partial charge >= 0.3 is 16.3 Å². The Labute approximate surface area is 183 Å². The molecule has 31 heavy (non-hydrogen) atoms. The monoisotopic (exact) mass is 453 g/mol. The van der Waals surface area contributed by atoms with Gasteiger partial charge in [0.15, 0.2) is 0 Å². The summed E-state index contributed by atoms with van der Waals surface area (Å²) in [6, 6.07) is 4.80. The lowest BCUT2D eigenvalue weighted by Crippen LogP contribution is -2.43. The molecule has 0 spiro atoms. The number of phenols is 1. The molecule has 1 aromatic carbocycles. The molecule has 2 fully saturated rings. The Balaban J connectivity index is 1.69. The Kier molecular flexibility index (Phi) is 6.68. The Hall–Kier alpha value is -2.49. The quantitative estimate of drug-likeness (QED) is 0.724. The summed E-state index contributed by atoms with van der Waals surface area (Å²) in [5.74, 6) is -0.846. The second kappa shape index (κ2) is 8.94. The number of benzene rings is 1. The zero-order chi connectivity index (χ0) is 22.8. The van der Waals surface area contributed by atoms with Crippen LogP contribution in [-0.4, -0.2) is 55.2 Å². The summed E-state index contributed by atoms with van der Waals surface area (Å²) >= 11 is 0. The van der Waals surface area contributed by atoms with Crippen molar-refractivity contribution >= 4 is 27.9 Å². The number of ether oxygens (including phenoxy) is 1. The number of anilines is 1. The smallest absolute Gasteiger partial charge is 0.410 e. The highest BCUT2D eigenvalue weighted by atomic mass is 32.2. The van der Waals surface area contributed by atoms with Crippen molar-refractivity contribution in [2.75, 3.05) is 17.4 Å². The number of aryl methyl sites for hydroxylation is 1. The van der Waals surface area contributed by atoms with Gasteiger partial charge in [0, 0.05) is 12.6 Å². The number of amides is 2. The van der Waals surface area contributed by atoms with Crippen LogP contribution in [0.5, 0.6) is 5.75 Å². The molecule has 2 N–H and O–H groups in total. The summed E-state index contributed by atoms with van der Waals surface area (Å²) in [5.41, 5.74) is 0.333. The number of rotatable bonds is 4. The molecule has 10 heteroatoms. The number of carbonyl (C=O) groups excluding carboxylic acids is 2. The van der Waals surface area contributed by atoms with E-state index in [2.05, 4.69) is 0 Å². The molecule has 2 amide bonds. The molecule has 2 aliphatic heterocycles. The van der Waals surface area contributed by atoms with Crippen LogP contribution in [0.25, 0.3) is 0 Å². The Bertz CT molecular complexity index is 941.